The zero-order valence-electron chi connectivity index (χ0n) is 15.1. The molecule has 1 aromatic carbocycles. The van der Waals surface area contributed by atoms with E-state index in [0.717, 1.165) is 48.3 Å². The smallest absolute Gasteiger partial charge is 0.228 e. The molecule has 2 bridgehead atoms. The average molecular weight is 362 g/mol. The van der Waals surface area contributed by atoms with Crippen molar-refractivity contribution in [3.05, 3.63) is 40.6 Å². The number of fused-ring (bicyclic) bond motifs is 4. The third kappa shape index (κ3) is 2.53. The molecule has 138 valence electrons. The first-order chi connectivity index (χ1) is 13.3. The van der Waals surface area contributed by atoms with Gasteiger partial charge in [-0.25, -0.2) is 4.98 Å². The summed E-state index contributed by atoms with van der Waals surface area (Å²) in [7, 11) is 0. The van der Waals surface area contributed by atoms with Crippen LogP contribution in [0.5, 0.6) is 0 Å². The summed E-state index contributed by atoms with van der Waals surface area (Å²) in [6.07, 6.45) is 4.36. The highest BCUT2D eigenvalue weighted by molar-refractivity contribution is 5.86. The molecule has 0 saturated carbocycles. The zero-order valence-corrected chi connectivity index (χ0v) is 15.1. The Hall–Kier alpha value is -2.51. The maximum atomic E-state index is 5.68. The summed E-state index contributed by atoms with van der Waals surface area (Å²) in [5.74, 6) is 1.72. The predicted molar refractivity (Wildman–Crippen MR) is 104 cm³/mol. The van der Waals surface area contributed by atoms with Crippen molar-refractivity contribution < 1.29 is 4.74 Å². The molecular formula is C20H22N6O. The van der Waals surface area contributed by atoms with Gasteiger partial charge in [-0.05, 0) is 36.1 Å². The molecule has 4 aliphatic heterocycles. The first kappa shape index (κ1) is 15.5. The van der Waals surface area contributed by atoms with Crippen molar-refractivity contribution >= 4 is 23.7 Å². The van der Waals surface area contributed by atoms with Crippen LogP contribution in [0.15, 0.2) is 23.2 Å². The van der Waals surface area contributed by atoms with E-state index in [0.29, 0.717) is 25.3 Å². The molecule has 0 spiro atoms. The van der Waals surface area contributed by atoms with Gasteiger partial charge in [0.25, 0.3) is 0 Å². The molecule has 2 aromatic rings. The van der Waals surface area contributed by atoms with E-state index in [2.05, 4.69) is 38.7 Å². The van der Waals surface area contributed by atoms with E-state index in [-0.39, 0.29) is 0 Å². The number of rotatable bonds is 3. The van der Waals surface area contributed by atoms with E-state index in [9.17, 15) is 0 Å². The highest BCUT2D eigenvalue weighted by Gasteiger charge is 2.39. The summed E-state index contributed by atoms with van der Waals surface area (Å²) in [5, 5.41) is 7.06. The normalized spacial score (nSPS) is 25.0. The molecule has 7 heteroatoms. The average Bonchev–Trinajstić information content (AvgIpc) is 3.39. The predicted octanol–water partition coefficient (Wildman–Crippen LogP) is 2.12. The first-order valence-corrected chi connectivity index (χ1v) is 9.71. The van der Waals surface area contributed by atoms with Crippen molar-refractivity contribution in [2.75, 3.05) is 23.3 Å². The minimum Gasteiger partial charge on any atom is -0.370 e. The van der Waals surface area contributed by atoms with Gasteiger partial charge in [-0.2, -0.15) is 4.98 Å². The van der Waals surface area contributed by atoms with E-state index in [4.69, 9.17) is 14.7 Å². The van der Waals surface area contributed by atoms with Crippen LogP contribution in [-0.2, 0) is 24.5 Å². The van der Waals surface area contributed by atoms with Crippen LogP contribution in [0.2, 0.25) is 0 Å². The van der Waals surface area contributed by atoms with Crippen molar-refractivity contribution in [1.82, 2.24) is 15.3 Å². The molecule has 1 aromatic heterocycles. The van der Waals surface area contributed by atoms with Crippen LogP contribution in [-0.4, -0.2) is 41.4 Å². The second kappa shape index (κ2) is 6.00. The lowest BCUT2D eigenvalue weighted by molar-refractivity contribution is 0.133. The van der Waals surface area contributed by atoms with Crippen LogP contribution in [0, 0.1) is 0 Å². The van der Waals surface area contributed by atoms with Gasteiger partial charge in [0.15, 0.2) is 0 Å². The van der Waals surface area contributed by atoms with Gasteiger partial charge < -0.3 is 20.3 Å². The fourth-order valence-electron chi connectivity index (χ4n) is 4.68. The number of aromatic nitrogens is 2. The Morgan fingerprint density at radius 3 is 2.89 bits per heavy atom. The number of ether oxygens (including phenoxy) is 1. The van der Waals surface area contributed by atoms with Gasteiger partial charge in [-0.3, -0.25) is 4.99 Å². The van der Waals surface area contributed by atoms with Crippen molar-refractivity contribution in [1.29, 1.82) is 0 Å². The molecule has 0 radical (unpaired) electrons. The van der Waals surface area contributed by atoms with Gasteiger partial charge >= 0.3 is 0 Å². The van der Waals surface area contributed by atoms with E-state index in [1.807, 2.05) is 6.21 Å². The molecule has 2 N–H and O–H groups in total. The number of aliphatic imine (C=N–C) groups is 1. The maximum absolute atomic E-state index is 5.68. The highest BCUT2D eigenvalue weighted by atomic mass is 16.5. The molecule has 5 heterocycles. The summed E-state index contributed by atoms with van der Waals surface area (Å²) >= 11 is 0. The van der Waals surface area contributed by atoms with Crippen molar-refractivity contribution in [2.45, 2.75) is 44.7 Å². The molecule has 0 amide bonds. The molecular weight excluding hydrogens is 340 g/mol. The van der Waals surface area contributed by atoms with Crippen LogP contribution in [0.1, 0.15) is 35.2 Å². The summed E-state index contributed by atoms with van der Waals surface area (Å²) in [6, 6.07) is 7.37. The lowest BCUT2D eigenvalue weighted by atomic mass is 10.1. The summed E-state index contributed by atoms with van der Waals surface area (Å²) < 4.78 is 5.68. The Morgan fingerprint density at radius 1 is 1.11 bits per heavy atom. The fraction of sp³-hybridized carbons (Fsp3) is 0.450. The van der Waals surface area contributed by atoms with Gasteiger partial charge in [-0.15, -0.1) is 0 Å². The zero-order chi connectivity index (χ0) is 17.8. The maximum Gasteiger partial charge on any atom is 0.228 e. The number of benzene rings is 1. The summed E-state index contributed by atoms with van der Waals surface area (Å²) in [4.78, 5) is 16.6. The Morgan fingerprint density at radius 2 is 2.00 bits per heavy atom. The molecule has 2 atom stereocenters. The SMILES string of the molecule is C1=NCc2ccc(Nc3nc(N4C5CCC4CNC5)nc4c3COC4)cc21. The van der Waals surface area contributed by atoms with Crippen molar-refractivity contribution in [3.63, 3.8) is 0 Å². The molecule has 4 aliphatic rings. The number of nitrogens with one attached hydrogen (secondary N) is 2. The number of hydrogen-bond donors (Lipinski definition) is 2. The van der Waals surface area contributed by atoms with Crippen LogP contribution in [0.3, 0.4) is 0 Å². The number of nitrogens with zero attached hydrogens (tertiary/aromatic N) is 4. The summed E-state index contributed by atoms with van der Waals surface area (Å²) in [6.45, 7) is 3.94. The van der Waals surface area contributed by atoms with Crippen LogP contribution >= 0.6 is 0 Å². The third-order valence-corrected chi connectivity index (χ3v) is 6.08. The fourth-order valence-corrected chi connectivity index (χ4v) is 4.68. The van der Waals surface area contributed by atoms with E-state index in [1.54, 1.807) is 0 Å². The van der Waals surface area contributed by atoms with Gasteiger partial charge in [0.2, 0.25) is 5.95 Å². The number of hydrogen-bond acceptors (Lipinski definition) is 7. The van der Waals surface area contributed by atoms with Crippen LogP contribution < -0.4 is 15.5 Å². The quantitative estimate of drug-likeness (QED) is 0.871. The molecule has 27 heavy (non-hydrogen) atoms. The lowest BCUT2D eigenvalue weighted by Crippen LogP contribution is -2.52. The minimum absolute atomic E-state index is 0.494. The van der Waals surface area contributed by atoms with Crippen molar-refractivity contribution in [2.24, 2.45) is 4.99 Å². The van der Waals surface area contributed by atoms with E-state index >= 15 is 0 Å². The largest absolute Gasteiger partial charge is 0.370 e. The second-order valence-electron chi connectivity index (χ2n) is 7.75. The number of piperazine rings is 1. The highest BCUT2D eigenvalue weighted by Crippen LogP contribution is 2.35. The Kier molecular flexibility index (Phi) is 3.45. The van der Waals surface area contributed by atoms with Gasteiger partial charge in [0.05, 0.1) is 25.5 Å². The molecule has 7 nitrogen and oxygen atoms in total. The van der Waals surface area contributed by atoms with E-state index in [1.165, 1.54) is 24.0 Å². The Bertz CT molecular complexity index is 926. The van der Waals surface area contributed by atoms with Crippen LogP contribution in [0.25, 0.3) is 0 Å². The molecule has 0 aliphatic carbocycles. The number of anilines is 3. The first-order valence-electron chi connectivity index (χ1n) is 9.71. The standard InChI is InChI=1S/C20H22N6O/c1-2-14(5-13-7-21-6-12(1)13)23-19-17-10-27-11-18(17)24-20(25-19)26-15-3-4-16(26)9-22-8-15/h1-2,5,7,15-16,22H,3-4,6,8-11H2,(H,23,24,25). The minimum atomic E-state index is 0.494. The lowest BCUT2D eigenvalue weighted by Gasteiger charge is -2.35. The van der Waals surface area contributed by atoms with E-state index < -0.39 is 0 Å². The molecule has 2 saturated heterocycles. The van der Waals surface area contributed by atoms with Gasteiger partial charge in [0, 0.05) is 42.6 Å². The summed E-state index contributed by atoms with van der Waals surface area (Å²) in [5.41, 5.74) is 5.58. The second-order valence-corrected chi connectivity index (χ2v) is 7.75. The monoisotopic (exact) mass is 362 g/mol. The Balaban J connectivity index is 1.38. The molecule has 2 unspecified atom stereocenters. The van der Waals surface area contributed by atoms with Gasteiger partial charge in [-0.1, -0.05) is 6.07 Å². The molecule has 6 rings (SSSR count). The topological polar surface area (TPSA) is 74.7 Å². The van der Waals surface area contributed by atoms with Crippen LogP contribution in [0.4, 0.5) is 17.5 Å². The molecule has 2 fully saturated rings. The Labute approximate surface area is 157 Å². The third-order valence-electron chi connectivity index (χ3n) is 6.08. The van der Waals surface area contributed by atoms with Crippen molar-refractivity contribution in [3.8, 4) is 0 Å². The van der Waals surface area contributed by atoms with Gasteiger partial charge in [0.1, 0.15) is 5.82 Å².